The Labute approximate surface area is 214 Å². The number of fused-ring (bicyclic) bond motifs is 1. The van der Waals surface area contributed by atoms with Crippen LogP contribution < -0.4 is 0 Å². The van der Waals surface area contributed by atoms with Crippen LogP contribution in [0.4, 0.5) is 0 Å². The van der Waals surface area contributed by atoms with Crippen molar-refractivity contribution in [2.24, 2.45) is 17.3 Å². The fourth-order valence-electron chi connectivity index (χ4n) is 4.98. The molecule has 0 aliphatic carbocycles. The zero-order valence-corrected chi connectivity index (χ0v) is 21.7. The highest BCUT2D eigenvalue weighted by molar-refractivity contribution is 5.88. The van der Waals surface area contributed by atoms with Crippen molar-refractivity contribution in [3.05, 3.63) is 36.2 Å². The number of hydrogen-bond donors (Lipinski definition) is 2. The lowest BCUT2D eigenvalue weighted by Crippen LogP contribution is -2.46. The predicted octanol–water partition coefficient (Wildman–Crippen LogP) is 3.72. The van der Waals surface area contributed by atoms with Crippen LogP contribution in [0.15, 0.2) is 30.5 Å². The number of esters is 1. The Balaban J connectivity index is 1.85. The van der Waals surface area contributed by atoms with E-state index < -0.39 is 35.6 Å². The molecule has 2 saturated heterocycles. The number of ether oxygens (including phenoxy) is 2. The zero-order chi connectivity index (χ0) is 26.5. The van der Waals surface area contributed by atoms with E-state index in [0.717, 1.165) is 18.5 Å². The van der Waals surface area contributed by atoms with Crippen molar-refractivity contribution < 1.29 is 29.3 Å². The largest absolute Gasteiger partial charge is 0.458 e. The van der Waals surface area contributed by atoms with Gasteiger partial charge in [-0.2, -0.15) is 0 Å². The number of carbonyl (C=O) groups excluding carboxylic acids is 2. The van der Waals surface area contributed by atoms with E-state index in [4.69, 9.17) is 15.9 Å². The smallest absolute Gasteiger partial charge is 0.309 e. The van der Waals surface area contributed by atoms with E-state index in [-0.39, 0.29) is 36.2 Å². The molecule has 7 unspecified atom stereocenters. The van der Waals surface area contributed by atoms with Gasteiger partial charge in [0.1, 0.15) is 11.9 Å². The van der Waals surface area contributed by atoms with Crippen LogP contribution in [0.25, 0.3) is 6.08 Å². The molecule has 3 heterocycles. The molecule has 0 saturated carbocycles. The standard InChI is InChI=1S/C29H39NO6/c1-6-10-22-26(33)19(2)11-9-15-29(5)24(36-29)17-21(14-13-20-12-7-8-16-30-20)35-25(32)18-23(31)28(3,4)27(22)34/h1,7-8,12-14,16,19,21-24,26,31,33H,9-11,15,17-18H2,2-5H3. The van der Waals surface area contributed by atoms with Gasteiger partial charge in [0.2, 0.25) is 0 Å². The Hall–Kier alpha value is -2.53. The van der Waals surface area contributed by atoms with Crippen molar-refractivity contribution in [1.82, 2.24) is 4.98 Å². The molecule has 0 amide bonds. The van der Waals surface area contributed by atoms with E-state index >= 15 is 0 Å². The molecule has 196 valence electrons. The van der Waals surface area contributed by atoms with Gasteiger partial charge in [0, 0.05) is 19.0 Å². The van der Waals surface area contributed by atoms with Gasteiger partial charge >= 0.3 is 5.97 Å². The first kappa shape index (κ1) is 28.0. The van der Waals surface area contributed by atoms with Crippen molar-refractivity contribution in [1.29, 1.82) is 0 Å². The fraction of sp³-hybridized carbons (Fsp3) is 0.621. The molecule has 3 rings (SSSR count). The molecular formula is C29H39NO6. The Kier molecular flexibility index (Phi) is 9.10. The Morgan fingerprint density at radius 1 is 1.25 bits per heavy atom. The number of rotatable bonds is 3. The first-order valence-electron chi connectivity index (χ1n) is 12.8. The van der Waals surface area contributed by atoms with E-state index in [1.807, 2.05) is 32.0 Å². The molecule has 7 heteroatoms. The maximum atomic E-state index is 13.5. The second-order valence-electron chi connectivity index (χ2n) is 11.0. The molecule has 0 spiro atoms. The van der Waals surface area contributed by atoms with Crippen LogP contribution in [0.3, 0.4) is 0 Å². The van der Waals surface area contributed by atoms with Gasteiger partial charge in [-0.3, -0.25) is 14.6 Å². The number of cyclic esters (lactones) is 1. The van der Waals surface area contributed by atoms with Crippen LogP contribution in [-0.2, 0) is 19.1 Å². The molecule has 0 bridgehead atoms. The molecule has 2 aliphatic heterocycles. The van der Waals surface area contributed by atoms with E-state index in [1.165, 1.54) is 0 Å². The molecular weight excluding hydrogens is 458 g/mol. The topological polar surface area (TPSA) is 109 Å². The summed E-state index contributed by atoms with van der Waals surface area (Å²) in [7, 11) is 0. The Bertz CT molecular complexity index is 983. The molecule has 1 aromatic rings. The summed E-state index contributed by atoms with van der Waals surface area (Å²) in [5.74, 6) is 0.549. The molecule has 0 aromatic carbocycles. The zero-order valence-electron chi connectivity index (χ0n) is 21.7. The van der Waals surface area contributed by atoms with Gasteiger partial charge in [0.15, 0.2) is 0 Å². The average Bonchev–Trinajstić information content (AvgIpc) is 3.48. The highest BCUT2D eigenvalue weighted by Crippen LogP contribution is 2.44. The summed E-state index contributed by atoms with van der Waals surface area (Å²) in [6, 6.07) is 5.55. The van der Waals surface area contributed by atoms with Crippen molar-refractivity contribution in [3.8, 4) is 12.3 Å². The minimum Gasteiger partial charge on any atom is -0.458 e. The predicted molar refractivity (Wildman–Crippen MR) is 136 cm³/mol. The fourth-order valence-corrected chi connectivity index (χ4v) is 4.98. The van der Waals surface area contributed by atoms with E-state index in [9.17, 15) is 19.8 Å². The van der Waals surface area contributed by atoms with Crippen LogP contribution in [-0.4, -0.2) is 57.0 Å². The van der Waals surface area contributed by atoms with Crippen molar-refractivity contribution in [2.45, 2.75) is 96.2 Å². The number of aliphatic hydroxyl groups excluding tert-OH is 2. The van der Waals surface area contributed by atoms with Gasteiger partial charge in [-0.1, -0.05) is 33.3 Å². The third-order valence-corrected chi connectivity index (χ3v) is 7.76. The van der Waals surface area contributed by atoms with Crippen LogP contribution in [0, 0.1) is 29.6 Å². The molecule has 1 aromatic heterocycles. The molecule has 7 atom stereocenters. The summed E-state index contributed by atoms with van der Waals surface area (Å²) in [5, 5.41) is 21.9. The molecule has 7 nitrogen and oxygen atoms in total. The molecule has 36 heavy (non-hydrogen) atoms. The van der Waals surface area contributed by atoms with Crippen LogP contribution in [0.1, 0.15) is 71.9 Å². The highest BCUT2D eigenvalue weighted by Gasteiger charge is 2.52. The Morgan fingerprint density at radius 3 is 2.67 bits per heavy atom. The number of aromatic nitrogens is 1. The van der Waals surface area contributed by atoms with E-state index in [0.29, 0.717) is 12.8 Å². The van der Waals surface area contributed by atoms with Crippen molar-refractivity contribution >= 4 is 17.8 Å². The van der Waals surface area contributed by atoms with Crippen LogP contribution in [0.2, 0.25) is 0 Å². The lowest BCUT2D eigenvalue weighted by atomic mass is 9.71. The first-order chi connectivity index (χ1) is 17.0. The summed E-state index contributed by atoms with van der Waals surface area (Å²) < 4.78 is 11.7. The van der Waals surface area contributed by atoms with Crippen LogP contribution >= 0.6 is 0 Å². The van der Waals surface area contributed by atoms with Gasteiger partial charge in [0.05, 0.1) is 47.4 Å². The minimum absolute atomic E-state index is 0.0637. The second kappa shape index (κ2) is 11.7. The minimum atomic E-state index is -1.30. The number of hydrogen-bond acceptors (Lipinski definition) is 7. The maximum absolute atomic E-state index is 13.5. The lowest BCUT2D eigenvalue weighted by molar-refractivity contribution is -0.154. The molecule has 2 aliphatic rings. The number of Topliss-reactive ketones (excluding diaryl/α,β-unsaturated/α-hetero) is 1. The molecule has 0 radical (unpaired) electrons. The van der Waals surface area contributed by atoms with Crippen LogP contribution in [0.5, 0.6) is 0 Å². The third-order valence-electron chi connectivity index (χ3n) is 7.76. The van der Waals surface area contributed by atoms with E-state index in [2.05, 4.69) is 10.9 Å². The quantitative estimate of drug-likeness (QED) is 0.372. The van der Waals surface area contributed by atoms with Gasteiger partial charge in [-0.15, -0.1) is 12.3 Å². The number of terminal acetylenes is 1. The number of pyridine rings is 1. The van der Waals surface area contributed by atoms with E-state index in [1.54, 1.807) is 32.2 Å². The first-order valence-corrected chi connectivity index (χ1v) is 12.8. The number of ketones is 1. The van der Waals surface area contributed by atoms with Crippen molar-refractivity contribution in [3.63, 3.8) is 0 Å². The normalized spacial score (nSPS) is 36.0. The monoisotopic (exact) mass is 497 g/mol. The van der Waals surface area contributed by atoms with Gasteiger partial charge < -0.3 is 19.7 Å². The average molecular weight is 498 g/mol. The summed E-state index contributed by atoms with van der Waals surface area (Å²) in [6.07, 6.45) is 10.4. The summed E-state index contributed by atoms with van der Waals surface area (Å²) in [5.41, 5.74) is -0.893. The second-order valence-corrected chi connectivity index (χ2v) is 11.0. The molecule has 2 fully saturated rings. The summed E-state index contributed by atoms with van der Waals surface area (Å²) >= 11 is 0. The van der Waals surface area contributed by atoms with Crippen molar-refractivity contribution in [2.75, 3.05) is 0 Å². The number of nitrogens with zero attached hydrogens (tertiary/aromatic N) is 1. The van der Waals surface area contributed by atoms with Gasteiger partial charge in [-0.05, 0) is 50.0 Å². The SMILES string of the molecule is C#CCC1C(=O)C(C)(C)C(O)CC(=O)OC(C=Cc2ccccn2)CC2OC2(C)CCCC(C)C1O. The third kappa shape index (κ3) is 6.82. The number of aliphatic hydroxyl groups is 2. The Morgan fingerprint density at radius 2 is 2.00 bits per heavy atom. The van der Waals surface area contributed by atoms with Gasteiger partial charge in [0.25, 0.3) is 0 Å². The summed E-state index contributed by atoms with van der Waals surface area (Å²) in [6.45, 7) is 7.12. The number of carbonyl (C=O) groups is 2. The summed E-state index contributed by atoms with van der Waals surface area (Å²) in [4.78, 5) is 30.6. The molecule has 2 N–H and O–H groups in total. The lowest BCUT2D eigenvalue weighted by Gasteiger charge is -2.35. The maximum Gasteiger partial charge on any atom is 0.309 e. The number of epoxide rings is 1. The van der Waals surface area contributed by atoms with Gasteiger partial charge in [-0.25, -0.2) is 0 Å². The highest BCUT2D eigenvalue weighted by atomic mass is 16.6.